The summed E-state index contributed by atoms with van der Waals surface area (Å²) in [4.78, 5) is 23.9. The van der Waals surface area contributed by atoms with Crippen LogP contribution in [0.3, 0.4) is 0 Å². The van der Waals surface area contributed by atoms with E-state index in [0.29, 0.717) is 24.3 Å². The minimum atomic E-state index is -5.08. The van der Waals surface area contributed by atoms with Gasteiger partial charge in [0, 0.05) is 23.2 Å². The van der Waals surface area contributed by atoms with Crippen molar-refractivity contribution in [1.82, 2.24) is 10.2 Å². The van der Waals surface area contributed by atoms with Crippen LogP contribution in [0, 0.1) is 0 Å². The molecule has 3 aliphatic rings. The number of likely N-dealkylation sites (N-methyl/N-ethyl adjacent to an activating group) is 1. The molecule has 10 nitrogen and oxygen atoms in total. The van der Waals surface area contributed by atoms with Gasteiger partial charge in [-0.05, 0) is 75.2 Å². The summed E-state index contributed by atoms with van der Waals surface area (Å²) >= 11 is 0. The Morgan fingerprint density at radius 3 is 2.31 bits per heavy atom. The number of hydrogen-bond donors (Lipinski definition) is 3. The number of alkyl halides is 7. The molecular formula is C28H30F7N3O7. The Labute approximate surface area is 252 Å². The van der Waals surface area contributed by atoms with Gasteiger partial charge in [0.25, 0.3) is 0 Å². The van der Waals surface area contributed by atoms with Crippen LogP contribution in [0.4, 0.5) is 41.2 Å². The van der Waals surface area contributed by atoms with Crippen molar-refractivity contribution < 1.29 is 64.4 Å². The fraction of sp³-hybridized carbons (Fsp3) is 0.500. The number of rotatable bonds is 5. The Morgan fingerprint density at radius 2 is 1.69 bits per heavy atom. The lowest BCUT2D eigenvalue weighted by Crippen LogP contribution is -2.52. The summed E-state index contributed by atoms with van der Waals surface area (Å²) in [6.07, 6.45) is -10.6. The van der Waals surface area contributed by atoms with Crippen LogP contribution >= 0.6 is 0 Å². The molecule has 0 aromatic heterocycles. The van der Waals surface area contributed by atoms with Crippen LogP contribution in [0.15, 0.2) is 36.4 Å². The number of nitrogens with zero attached hydrogens (tertiary/aromatic N) is 1. The lowest BCUT2D eigenvalue weighted by atomic mass is 9.65. The number of halogens is 7. The Kier molecular flexibility index (Phi) is 9.36. The SMILES string of the molecule is COc1ccc(C23CCC(NC(=O)Nc4ccc5c(c4)C(F)(F)OC(F)(F)O5)CC2N(C)CC3)cc1OC.O=C(O)C(F)(F)F. The van der Waals surface area contributed by atoms with Crippen LogP contribution in [0.25, 0.3) is 0 Å². The third-order valence-electron chi connectivity index (χ3n) is 8.09. The number of carbonyl (C=O) groups is 2. The molecule has 17 heteroatoms. The summed E-state index contributed by atoms with van der Waals surface area (Å²) in [5.74, 6) is -2.15. The van der Waals surface area contributed by atoms with Crippen LogP contribution in [0.2, 0.25) is 0 Å². The van der Waals surface area contributed by atoms with Gasteiger partial charge in [0.1, 0.15) is 5.75 Å². The van der Waals surface area contributed by atoms with Crippen molar-refractivity contribution in [1.29, 1.82) is 0 Å². The molecule has 3 atom stereocenters. The molecule has 1 aliphatic carbocycles. The van der Waals surface area contributed by atoms with Crippen LogP contribution in [0.5, 0.6) is 17.2 Å². The highest BCUT2D eigenvalue weighted by atomic mass is 19.4. The third kappa shape index (κ3) is 7.30. The van der Waals surface area contributed by atoms with Gasteiger partial charge in [-0.3, -0.25) is 0 Å². The number of hydrogen-bond acceptors (Lipinski definition) is 7. The van der Waals surface area contributed by atoms with Crippen molar-refractivity contribution in [3.05, 3.63) is 47.5 Å². The van der Waals surface area contributed by atoms with Crippen LogP contribution in [-0.4, -0.2) is 74.4 Å². The van der Waals surface area contributed by atoms with Crippen LogP contribution in [-0.2, 0) is 21.1 Å². The minimum absolute atomic E-state index is 0.00758. The molecule has 0 radical (unpaired) electrons. The van der Waals surface area contributed by atoms with E-state index in [0.717, 1.165) is 37.1 Å². The molecule has 3 unspecified atom stereocenters. The maximum Gasteiger partial charge on any atom is 0.540 e. The number of nitrogens with one attached hydrogen (secondary N) is 2. The number of carboxylic acids is 1. The summed E-state index contributed by atoms with van der Waals surface area (Å²) in [6, 6.07) is 8.46. The predicted molar refractivity (Wildman–Crippen MR) is 143 cm³/mol. The quantitative estimate of drug-likeness (QED) is 0.354. The smallest absolute Gasteiger partial charge is 0.493 e. The first-order valence-electron chi connectivity index (χ1n) is 13.5. The molecule has 0 spiro atoms. The van der Waals surface area contributed by atoms with Gasteiger partial charge in [-0.25, -0.2) is 14.3 Å². The fourth-order valence-corrected chi connectivity index (χ4v) is 6.02. The summed E-state index contributed by atoms with van der Waals surface area (Å²) in [7, 11) is 5.27. The molecule has 2 amide bonds. The molecule has 248 valence electrons. The van der Waals surface area contributed by atoms with Crippen molar-refractivity contribution in [2.45, 2.75) is 61.8 Å². The number of methoxy groups -OCH3 is 2. The van der Waals surface area contributed by atoms with Crippen LogP contribution < -0.4 is 24.8 Å². The number of anilines is 1. The average Bonchev–Trinajstić information content (AvgIpc) is 3.28. The van der Waals surface area contributed by atoms with Gasteiger partial charge in [-0.2, -0.15) is 22.0 Å². The van der Waals surface area contributed by atoms with E-state index in [1.54, 1.807) is 14.2 Å². The average molecular weight is 654 g/mol. The summed E-state index contributed by atoms with van der Waals surface area (Å²) < 4.78 is 105. The second-order valence-corrected chi connectivity index (χ2v) is 10.7. The fourth-order valence-electron chi connectivity index (χ4n) is 6.02. The van der Waals surface area contributed by atoms with Gasteiger partial charge in [-0.1, -0.05) is 6.07 Å². The zero-order valence-electron chi connectivity index (χ0n) is 24.1. The van der Waals surface area contributed by atoms with Crippen molar-refractivity contribution in [2.75, 3.05) is 33.1 Å². The van der Waals surface area contributed by atoms with Gasteiger partial charge in [-0.15, -0.1) is 8.78 Å². The molecule has 2 aromatic rings. The number of benzene rings is 2. The molecule has 1 saturated carbocycles. The van der Waals surface area contributed by atoms with E-state index in [1.165, 1.54) is 6.07 Å². The van der Waals surface area contributed by atoms with E-state index in [9.17, 15) is 35.5 Å². The molecule has 3 N–H and O–H groups in total. The zero-order valence-corrected chi connectivity index (χ0v) is 24.1. The lowest BCUT2D eigenvalue weighted by molar-refractivity contribution is -0.461. The van der Waals surface area contributed by atoms with Gasteiger partial charge < -0.3 is 34.9 Å². The Balaban J connectivity index is 0.000000591. The Bertz CT molecular complexity index is 1430. The van der Waals surface area contributed by atoms with E-state index < -0.39 is 41.9 Å². The first-order chi connectivity index (χ1) is 20.9. The number of aliphatic carboxylic acids is 1. The highest BCUT2D eigenvalue weighted by Crippen LogP contribution is 2.50. The van der Waals surface area contributed by atoms with Crippen molar-refractivity contribution in [3.8, 4) is 17.2 Å². The van der Waals surface area contributed by atoms with Crippen LogP contribution in [0.1, 0.15) is 36.8 Å². The first kappa shape index (κ1) is 33.9. The number of ether oxygens (including phenoxy) is 4. The molecule has 5 rings (SSSR count). The number of amides is 2. The second-order valence-electron chi connectivity index (χ2n) is 10.7. The summed E-state index contributed by atoms with van der Waals surface area (Å²) in [6.45, 7) is 0.907. The zero-order chi connectivity index (χ0) is 33.4. The third-order valence-corrected chi connectivity index (χ3v) is 8.09. The minimum Gasteiger partial charge on any atom is -0.493 e. The molecule has 2 aromatic carbocycles. The highest BCUT2D eigenvalue weighted by Gasteiger charge is 2.54. The topological polar surface area (TPSA) is 119 Å². The standard InChI is InChI=1S/C26H29F4N3O5.C2HF3O2/c1-33-11-10-24(15-4-6-20(35-2)21(12-15)36-3)9-8-17(14-22(24)33)32-23(34)31-16-5-7-19-18(13-16)25(27,28)38-26(29,30)37-19;3-2(4,5)1(6)7/h4-7,12-13,17,22H,8-11,14H2,1-3H3,(H2,31,32,34);(H,6,7). The summed E-state index contributed by atoms with van der Waals surface area (Å²) in [5.41, 5.74) is 0.158. The number of fused-ring (bicyclic) bond motifs is 2. The van der Waals surface area contributed by atoms with E-state index in [1.807, 2.05) is 12.1 Å². The van der Waals surface area contributed by atoms with E-state index in [4.69, 9.17) is 19.4 Å². The number of likely N-dealkylation sites (tertiary alicyclic amines) is 1. The van der Waals surface area contributed by atoms with E-state index >= 15 is 0 Å². The Morgan fingerprint density at radius 1 is 1.02 bits per heavy atom. The van der Waals surface area contributed by atoms with Crippen molar-refractivity contribution in [3.63, 3.8) is 0 Å². The largest absolute Gasteiger partial charge is 0.540 e. The number of carboxylic acid groups (broad SMARTS) is 1. The van der Waals surface area contributed by atoms with Crippen molar-refractivity contribution in [2.24, 2.45) is 0 Å². The molecule has 1 saturated heterocycles. The second kappa shape index (κ2) is 12.4. The van der Waals surface area contributed by atoms with Gasteiger partial charge >= 0.3 is 30.6 Å². The number of urea groups is 1. The predicted octanol–water partition coefficient (Wildman–Crippen LogP) is 5.66. The maximum absolute atomic E-state index is 14.1. The molecule has 2 heterocycles. The normalized spacial score (nSPS) is 24.9. The first-order valence-corrected chi connectivity index (χ1v) is 13.5. The molecule has 0 bridgehead atoms. The molecule has 45 heavy (non-hydrogen) atoms. The highest BCUT2D eigenvalue weighted by molar-refractivity contribution is 5.89. The number of carbonyl (C=O) groups excluding carboxylic acids is 1. The molecular weight excluding hydrogens is 623 g/mol. The molecule has 2 fully saturated rings. The van der Waals surface area contributed by atoms with Gasteiger partial charge in [0.15, 0.2) is 11.5 Å². The lowest BCUT2D eigenvalue weighted by Gasteiger charge is -2.45. The van der Waals surface area contributed by atoms with Crippen molar-refractivity contribution >= 4 is 17.7 Å². The van der Waals surface area contributed by atoms with Gasteiger partial charge in [0.05, 0.1) is 19.8 Å². The Hall–Kier alpha value is -3.99. The maximum atomic E-state index is 14.1. The van der Waals surface area contributed by atoms with Gasteiger partial charge in [0.2, 0.25) is 0 Å². The van der Waals surface area contributed by atoms with E-state index in [2.05, 4.69) is 38.1 Å². The molecule has 2 aliphatic heterocycles. The summed E-state index contributed by atoms with van der Waals surface area (Å²) in [5, 5.41) is 12.6. The van der Waals surface area contributed by atoms with E-state index in [-0.39, 0.29) is 23.2 Å². The monoisotopic (exact) mass is 653 g/mol.